The molecule has 0 aliphatic carbocycles. The maximum Gasteiger partial charge on any atom is 0.211 e. The Hall–Kier alpha value is -2.39. The maximum absolute atomic E-state index is 10.5. The Morgan fingerprint density at radius 2 is 2.33 bits per heavy atom. The Labute approximate surface area is 143 Å². The maximum atomic E-state index is 10.5. The van der Waals surface area contributed by atoms with Crippen LogP contribution in [0.2, 0.25) is 0 Å². The first-order valence-electron chi connectivity index (χ1n) is 7.70. The van der Waals surface area contributed by atoms with Gasteiger partial charge in [0.1, 0.15) is 0 Å². The summed E-state index contributed by atoms with van der Waals surface area (Å²) in [5.41, 5.74) is 2.42. The second-order valence-corrected chi connectivity index (χ2v) is 5.10. The number of carbonyl (C=O) groups is 1. The molecule has 1 rings (SSSR count). The van der Waals surface area contributed by atoms with Gasteiger partial charge in [-0.1, -0.05) is 30.2 Å². The number of aliphatic hydroxyl groups excluding tert-OH is 1. The van der Waals surface area contributed by atoms with Crippen LogP contribution < -0.4 is 10.6 Å². The van der Waals surface area contributed by atoms with E-state index in [2.05, 4.69) is 16.6 Å². The van der Waals surface area contributed by atoms with E-state index < -0.39 is 6.10 Å². The van der Waals surface area contributed by atoms with Gasteiger partial charge in [-0.3, -0.25) is 4.79 Å². The summed E-state index contributed by atoms with van der Waals surface area (Å²) in [6.07, 6.45) is 11.6. The quantitative estimate of drug-likeness (QED) is 0.252. The van der Waals surface area contributed by atoms with E-state index in [1.54, 1.807) is 31.4 Å². The van der Waals surface area contributed by atoms with Crippen LogP contribution in [0.25, 0.3) is 0 Å². The number of ether oxygens (including phenoxy) is 1. The molecule has 0 fully saturated rings. The van der Waals surface area contributed by atoms with Gasteiger partial charge in [0.05, 0.1) is 12.7 Å². The molecule has 0 saturated heterocycles. The van der Waals surface area contributed by atoms with Crippen molar-refractivity contribution >= 4 is 12.1 Å². The van der Waals surface area contributed by atoms with Crippen molar-refractivity contribution in [2.24, 2.45) is 0 Å². The minimum Gasteiger partial charge on any atom is -0.387 e. The molecule has 0 saturated carbocycles. The molecule has 1 amide bonds. The van der Waals surface area contributed by atoms with Crippen LogP contribution in [0.3, 0.4) is 0 Å². The molecule has 5 nitrogen and oxygen atoms in total. The number of terminal acetylenes is 1. The molecule has 1 atom stereocenters. The van der Waals surface area contributed by atoms with Crippen LogP contribution in [0.5, 0.6) is 0 Å². The molecule has 3 N–H and O–H groups in total. The predicted octanol–water partition coefficient (Wildman–Crippen LogP) is 2.03. The Kier molecular flexibility index (Phi) is 9.90. The summed E-state index contributed by atoms with van der Waals surface area (Å²) in [6, 6.07) is 7.12. The fraction of sp³-hybridized carbons (Fsp3) is 0.316. The Morgan fingerprint density at radius 1 is 1.50 bits per heavy atom. The lowest BCUT2D eigenvalue weighted by Gasteiger charge is -2.13. The van der Waals surface area contributed by atoms with Gasteiger partial charge in [-0.25, -0.2) is 0 Å². The zero-order valence-electron chi connectivity index (χ0n) is 13.9. The molecule has 0 unspecified atom stereocenters. The molecule has 0 aliphatic heterocycles. The molecule has 0 spiro atoms. The molecular formula is C19H24N2O3. The summed E-state index contributed by atoms with van der Waals surface area (Å²) in [6.45, 7) is 1.64. The van der Waals surface area contributed by atoms with Crippen molar-refractivity contribution in [1.82, 2.24) is 5.32 Å². The van der Waals surface area contributed by atoms with Gasteiger partial charge in [-0.15, -0.1) is 6.42 Å². The summed E-state index contributed by atoms with van der Waals surface area (Å²) in [5.74, 6) is 2.52. The minimum atomic E-state index is -0.650. The topological polar surface area (TPSA) is 70.6 Å². The first kappa shape index (κ1) is 19.7. The highest BCUT2D eigenvalue weighted by Crippen LogP contribution is 2.16. The van der Waals surface area contributed by atoms with Crippen LogP contribution in [0.15, 0.2) is 48.1 Å². The number of carbonyl (C=O) groups excluding carboxylic acids is 1. The zero-order chi connectivity index (χ0) is 17.6. The normalized spacial score (nSPS) is 12.8. The molecule has 0 heterocycles. The fourth-order valence-electron chi connectivity index (χ4n) is 2.10. The van der Waals surface area contributed by atoms with Gasteiger partial charge in [-0.2, -0.15) is 0 Å². The number of nitrogens with one attached hydrogen (secondary N) is 2. The highest BCUT2D eigenvalue weighted by molar-refractivity contribution is 5.71. The second-order valence-electron chi connectivity index (χ2n) is 5.10. The van der Waals surface area contributed by atoms with Crippen LogP contribution >= 0.6 is 0 Å². The van der Waals surface area contributed by atoms with Gasteiger partial charge in [0.15, 0.2) is 0 Å². The van der Waals surface area contributed by atoms with Crippen LogP contribution in [-0.4, -0.2) is 38.3 Å². The molecule has 1 aromatic carbocycles. The molecule has 0 aliphatic rings. The lowest BCUT2D eigenvalue weighted by Crippen LogP contribution is -2.22. The third-order valence-corrected chi connectivity index (χ3v) is 3.29. The van der Waals surface area contributed by atoms with E-state index in [0.29, 0.717) is 31.8 Å². The van der Waals surface area contributed by atoms with Gasteiger partial charge >= 0.3 is 0 Å². The summed E-state index contributed by atoms with van der Waals surface area (Å²) >= 11 is 0. The summed E-state index contributed by atoms with van der Waals surface area (Å²) in [5, 5.41) is 16.0. The molecule has 0 bridgehead atoms. The third-order valence-electron chi connectivity index (χ3n) is 3.29. The van der Waals surface area contributed by atoms with E-state index in [4.69, 9.17) is 11.2 Å². The van der Waals surface area contributed by atoms with Crippen molar-refractivity contribution in [2.75, 3.05) is 32.1 Å². The average molecular weight is 328 g/mol. The van der Waals surface area contributed by atoms with Crippen molar-refractivity contribution in [2.45, 2.75) is 12.5 Å². The van der Waals surface area contributed by atoms with Crippen molar-refractivity contribution in [1.29, 1.82) is 0 Å². The zero-order valence-corrected chi connectivity index (χ0v) is 13.9. The molecule has 128 valence electrons. The summed E-state index contributed by atoms with van der Waals surface area (Å²) in [7, 11) is 1.64. The molecule has 1 aromatic rings. The Morgan fingerprint density at radius 3 is 3.04 bits per heavy atom. The van der Waals surface area contributed by atoms with E-state index in [1.807, 2.05) is 18.2 Å². The monoisotopic (exact) mass is 328 g/mol. The third kappa shape index (κ3) is 7.75. The number of anilines is 1. The van der Waals surface area contributed by atoms with Crippen molar-refractivity contribution in [3.05, 3.63) is 53.6 Å². The molecule has 5 heteroatoms. The number of amides is 1. The Balaban J connectivity index is 2.43. The molecule has 0 aromatic heterocycles. The van der Waals surface area contributed by atoms with E-state index in [-0.39, 0.29) is 0 Å². The molecular weight excluding hydrogens is 304 g/mol. The largest absolute Gasteiger partial charge is 0.387 e. The number of hydrogen-bond acceptors (Lipinski definition) is 4. The van der Waals surface area contributed by atoms with Crippen LogP contribution in [0.1, 0.15) is 18.1 Å². The molecule has 0 radical (unpaired) electrons. The number of rotatable bonds is 11. The van der Waals surface area contributed by atoms with Gasteiger partial charge in [-0.05, 0) is 42.3 Å². The van der Waals surface area contributed by atoms with Crippen LogP contribution in [0, 0.1) is 12.3 Å². The van der Waals surface area contributed by atoms with Gasteiger partial charge in [0.2, 0.25) is 6.41 Å². The van der Waals surface area contributed by atoms with E-state index in [1.165, 1.54) is 0 Å². The lowest BCUT2D eigenvalue weighted by atomic mass is 10.1. The first-order valence-corrected chi connectivity index (χ1v) is 7.70. The van der Waals surface area contributed by atoms with Gasteiger partial charge in [0, 0.05) is 19.3 Å². The average Bonchev–Trinajstić information content (AvgIpc) is 2.59. The highest BCUT2D eigenvalue weighted by Gasteiger charge is 2.07. The number of benzene rings is 1. The smallest absolute Gasteiger partial charge is 0.211 e. The Bertz CT molecular complexity index is 603. The van der Waals surface area contributed by atoms with Crippen LogP contribution in [0.4, 0.5) is 5.69 Å². The predicted molar refractivity (Wildman–Crippen MR) is 96.5 cm³/mol. The summed E-state index contributed by atoms with van der Waals surface area (Å²) < 4.78 is 4.96. The second kappa shape index (κ2) is 12.1. The summed E-state index contributed by atoms with van der Waals surface area (Å²) in [4.78, 5) is 10.5. The van der Waals surface area contributed by atoms with E-state index in [9.17, 15) is 9.90 Å². The van der Waals surface area contributed by atoms with Crippen molar-refractivity contribution in [3.63, 3.8) is 0 Å². The fourth-order valence-corrected chi connectivity index (χ4v) is 2.10. The van der Waals surface area contributed by atoms with Crippen molar-refractivity contribution in [3.8, 4) is 12.3 Å². The number of hydrogen-bond donors (Lipinski definition) is 3. The van der Waals surface area contributed by atoms with Crippen LogP contribution in [-0.2, 0) is 9.53 Å². The number of methoxy groups -OCH3 is 1. The number of aliphatic hydroxyl groups is 1. The SMILES string of the molecule is C#C/C=C(\C=C/COC)CCNC[C@H](O)c1cccc(NC=O)c1. The van der Waals surface area contributed by atoms with E-state index in [0.717, 1.165) is 17.6 Å². The van der Waals surface area contributed by atoms with Crippen molar-refractivity contribution < 1.29 is 14.6 Å². The lowest BCUT2D eigenvalue weighted by molar-refractivity contribution is -0.105. The standard InChI is InChI=1S/C19H24N2O3/c1-3-6-16(7-5-12-24-2)10-11-20-14-19(23)17-8-4-9-18(13-17)21-15-22/h1,4-9,13,15,19-20,23H,10-12,14H2,2H3,(H,21,22)/b7-5-,16-6+/t19-/m0/s1. The van der Waals surface area contributed by atoms with E-state index >= 15 is 0 Å². The molecule has 24 heavy (non-hydrogen) atoms. The number of allylic oxidation sites excluding steroid dienone is 2. The van der Waals surface area contributed by atoms with Gasteiger partial charge < -0.3 is 20.5 Å². The highest BCUT2D eigenvalue weighted by atomic mass is 16.5. The first-order chi connectivity index (χ1) is 11.7. The minimum absolute atomic E-state index is 0.412. The van der Waals surface area contributed by atoms with Gasteiger partial charge in [0.25, 0.3) is 0 Å².